The molecule has 1 unspecified atom stereocenters. The molecule has 0 aliphatic rings. The topological polar surface area (TPSA) is 60.0 Å². The Morgan fingerprint density at radius 3 is 2.76 bits per heavy atom. The second kappa shape index (κ2) is 10.4. The SMILES string of the molecule is CCCCOCC(O)COc1cc(OC)ccc1CNC. The molecule has 0 amide bonds. The molecule has 0 heterocycles. The van der Waals surface area contributed by atoms with E-state index in [1.807, 2.05) is 25.2 Å². The van der Waals surface area contributed by atoms with Crippen LogP contribution in [0.15, 0.2) is 18.2 Å². The van der Waals surface area contributed by atoms with Gasteiger partial charge in [0, 0.05) is 24.8 Å². The van der Waals surface area contributed by atoms with Crippen molar-refractivity contribution in [3.8, 4) is 11.5 Å². The Hall–Kier alpha value is -1.30. The summed E-state index contributed by atoms with van der Waals surface area (Å²) in [6, 6.07) is 5.68. The highest BCUT2D eigenvalue weighted by molar-refractivity contribution is 5.40. The summed E-state index contributed by atoms with van der Waals surface area (Å²) in [6.07, 6.45) is 1.47. The Kier molecular flexibility index (Phi) is 8.82. The Balaban J connectivity index is 2.48. The van der Waals surface area contributed by atoms with Gasteiger partial charge in [0.25, 0.3) is 0 Å². The Bertz CT molecular complexity index is 398. The van der Waals surface area contributed by atoms with Crippen molar-refractivity contribution in [3.63, 3.8) is 0 Å². The third kappa shape index (κ3) is 6.80. The van der Waals surface area contributed by atoms with E-state index in [1.165, 1.54) is 0 Å². The molecule has 0 aromatic heterocycles. The first-order valence-electron chi connectivity index (χ1n) is 7.41. The molecule has 21 heavy (non-hydrogen) atoms. The molecule has 0 bridgehead atoms. The number of benzene rings is 1. The van der Waals surface area contributed by atoms with Gasteiger partial charge >= 0.3 is 0 Å². The molecule has 0 aliphatic carbocycles. The van der Waals surface area contributed by atoms with E-state index in [4.69, 9.17) is 14.2 Å². The molecule has 120 valence electrons. The standard InChI is InChI=1S/C16H27NO4/c1-4-5-8-20-11-14(18)12-21-16-9-15(19-3)7-6-13(16)10-17-2/h6-7,9,14,17-18H,4-5,8,10-12H2,1-3H3. The molecular weight excluding hydrogens is 270 g/mol. The molecule has 1 rings (SSSR count). The maximum atomic E-state index is 9.86. The lowest BCUT2D eigenvalue weighted by Crippen LogP contribution is -2.24. The van der Waals surface area contributed by atoms with Gasteiger partial charge in [-0.05, 0) is 19.5 Å². The van der Waals surface area contributed by atoms with Gasteiger partial charge < -0.3 is 24.6 Å². The van der Waals surface area contributed by atoms with E-state index in [1.54, 1.807) is 7.11 Å². The molecule has 0 fully saturated rings. The minimum atomic E-state index is -0.629. The lowest BCUT2D eigenvalue weighted by Gasteiger charge is -2.16. The van der Waals surface area contributed by atoms with Crippen molar-refractivity contribution in [2.75, 3.05) is 34.0 Å². The zero-order valence-electron chi connectivity index (χ0n) is 13.2. The minimum absolute atomic E-state index is 0.204. The fourth-order valence-electron chi connectivity index (χ4n) is 1.83. The van der Waals surface area contributed by atoms with Gasteiger partial charge in [-0.25, -0.2) is 0 Å². The van der Waals surface area contributed by atoms with Crippen LogP contribution in [0, 0.1) is 0 Å². The highest BCUT2D eigenvalue weighted by Gasteiger charge is 2.09. The molecule has 0 saturated carbocycles. The average molecular weight is 297 g/mol. The molecule has 1 aromatic rings. The Morgan fingerprint density at radius 2 is 2.10 bits per heavy atom. The van der Waals surface area contributed by atoms with Gasteiger partial charge in [-0.15, -0.1) is 0 Å². The highest BCUT2D eigenvalue weighted by Crippen LogP contribution is 2.25. The summed E-state index contributed by atoms with van der Waals surface area (Å²) < 4.78 is 16.3. The van der Waals surface area contributed by atoms with Gasteiger partial charge in [0.2, 0.25) is 0 Å². The monoisotopic (exact) mass is 297 g/mol. The average Bonchev–Trinajstić information content (AvgIpc) is 2.51. The van der Waals surface area contributed by atoms with E-state index in [0.29, 0.717) is 19.8 Å². The third-order valence-corrected chi connectivity index (χ3v) is 3.03. The largest absolute Gasteiger partial charge is 0.497 e. The number of rotatable bonds is 11. The number of nitrogens with one attached hydrogen (secondary N) is 1. The van der Waals surface area contributed by atoms with Crippen molar-refractivity contribution >= 4 is 0 Å². The third-order valence-electron chi connectivity index (χ3n) is 3.03. The first kappa shape index (κ1) is 17.8. The zero-order valence-corrected chi connectivity index (χ0v) is 13.2. The van der Waals surface area contributed by atoms with Crippen LogP contribution < -0.4 is 14.8 Å². The summed E-state index contributed by atoms with van der Waals surface area (Å²) in [5, 5.41) is 13.0. The minimum Gasteiger partial charge on any atom is -0.497 e. The molecule has 5 heteroatoms. The van der Waals surface area contributed by atoms with Crippen molar-refractivity contribution in [2.45, 2.75) is 32.4 Å². The summed E-state index contributed by atoms with van der Waals surface area (Å²) in [5.41, 5.74) is 1.03. The predicted octanol–water partition coefficient (Wildman–Crippen LogP) is 1.97. The van der Waals surface area contributed by atoms with Crippen molar-refractivity contribution < 1.29 is 19.3 Å². The summed E-state index contributed by atoms with van der Waals surface area (Å²) in [5.74, 6) is 1.45. The summed E-state index contributed by atoms with van der Waals surface area (Å²) in [6.45, 7) is 3.98. The molecule has 0 radical (unpaired) electrons. The Labute approximate surface area is 127 Å². The molecule has 1 atom stereocenters. The first-order chi connectivity index (χ1) is 10.2. The highest BCUT2D eigenvalue weighted by atomic mass is 16.5. The van der Waals surface area contributed by atoms with Crippen LogP contribution in [-0.4, -0.2) is 45.2 Å². The van der Waals surface area contributed by atoms with E-state index in [9.17, 15) is 5.11 Å². The van der Waals surface area contributed by atoms with E-state index >= 15 is 0 Å². The summed E-state index contributed by atoms with van der Waals surface area (Å²) >= 11 is 0. The summed E-state index contributed by atoms with van der Waals surface area (Å²) in [4.78, 5) is 0. The van der Waals surface area contributed by atoms with Gasteiger partial charge in [0.15, 0.2) is 0 Å². The fourth-order valence-corrected chi connectivity index (χ4v) is 1.83. The van der Waals surface area contributed by atoms with E-state index in [-0.39, 0.29) is 6.61 Å². The van der Waals surface area contributed by atoms with Crippen LogP contribution in [0.25, 0.3) is 0 Å². The van der Waals surface area contributed by atoms with Crippen molar-refractivity contribution in [3.05, 3.63) is 23.8 Å². The zero-order chi connectivity index (χ0) is 15.5. The molecular formula is C16H27NO4. The van der Waals surface area contributed by atoms with Crippen LogP contribution in [0.3, 0.4) is 0 Å². The second-order valence-corrected chi connectivity index (χ2v) is 4.90. The van der Waals surface area contributed by atoms with Crippen molar-refractivity contribution in [2.24, 2.45) is 0 Å². The molecule has 1 aromatic carbocycles. The Morgan fingerprint density at radius 1 is 1.29 bits per heavy atom. The number of ether oxygens (including phenoxy) is 3. The van der Waals surface area contributed by atoms with Crippen LogP contribution in [0.1, 0.15) is 25.3 Å². The molecule has 0 spiro atoms. The first-order valence-corrected chi connectivity index (χ1v) is 7.41. The summed E-state index contributed by atoms with van der Waals surface area (Å²) in [7, 11) is 3.50. The van der Waals surface area contributed by atoms with Gasteiger partial charge in [-0.1, -0.05) is 19.4 Å². The normalized spacial score (nSPS) is 12.2. The molecule has 0 saturated heterocycles. The number of aliphatic hydroxyl groups excluding tert-OH is 1. The number of hydrogen-bond acceptors (Lipinski definition) is 5. The van der Waals surface area contributed by atoms with Gasteiger partial charge in [0.05, 0.1) is 13.7 Å². The fraction of sp³-hybridized carbons (Fsp3) is 0.625. The van der Waals surface area contributed by atoms with Gasteiger partial charge in [-0.3, -0.25) is 0 Å². The number of methoxy groups -OCH3 is 1. The van der Waals surface area contributed by atoms with E-state index < -0.39 is 6.10 Å². The number of aliphatic hydroxyl groups is 1. The van der Waals surface area contributed by atoms with Crippen molar-refractivity contribution in [1.29, 1.82) is 0 Å². The van der Waals surface area contributed by atoms with Gasteiger partial charge in [-0.2, -0.15) is 0 Å². The quantitative estimate of drug-likeness (QED) is 0.612. The second-order valence-electron chi connectivity index (χ2n) is 4.90. The predicted molar refractivity (Wildman–Crippen MR) is 83.0 cm³/mol. The maximum absolute atomic E-state index is 9.86. The lowest BCUT2D eigenvalue weighted by atomic mass is 10.2. The molecule has 0 aliphatic heterocycles. The van der Waals surface area contributed by atoms with Crippen LogP contribution >= 0.6 is 0 Å². The van der Waals surface area contributed by atoms with E-state index in [0.717, 1.165) is 29.9 Å². The van der Waals surface area contributed by atoms with Crippen LogP contribution in [0.2, 0.25) is 0 Å². The van der Waals surface area contributed by atoms with Crippen LogP contribution in [0.4, 0.5) is 0 Å². The van der Waals surface area contributed by atoms with Gasteiger partial charge in [0.1, 0.15) is 24.2 Å². The molecule has 5 nitrogen and oxygen atoms in total. The van der Waals surface area contributed by atoms with Crippen LogP contribution in [-0.2, 0) is 11.3 Å². The number of hydrogen-bond donors (Lipinski definition) is 2. The lowest BCUT2D eigenvalue weighted by molar-refractivity contribution is 0.0111. The smallest absolute Gasteiger partial charge is 0.127 e. The van der Waals surface area contributed by atoms with Crippen LogP contribution in [0.5, 0.6) is 11.5 Å². The van der Waals surface area contributed by atoms with Crippen molar-refractivity contribution in [1.82, 2.24) is 5.32 Å². The molecule has 2 N–H and O–H groups in total. The number of unbranched alkanes of at least 4 members (excludes halogenated alkanes) is 1. The maximum Gasteiger partial charge on any atom is 0.127 e. The van der Waals surface area contributed by atoms with E-state index in [2.05, 4.69) is 12.2 Å².